The van der Waals surface area contributed by atoms with Gasteiger partial charge in [-0.05, 0) is 55.0 Å². The lowest BCUT2D eigenvalue weighted by Gasteiger charge is -2.32. The number of rotatable bonds is 6. The number of nitrogens with one attached hydrogen (secondary N) is 2. The number of methoxy groups -OCH3 is 3. The molecule has 0 spiro atoms. The molecule has 0 amide bonds. The molecular weight excluding hydrogens is 422 g/mol. The van der Waals surface area contributed by atoms with Crippen LogP contribution in [0.15, 0.2) is 39.9 Å². The van der Waals surface area contributed by atoms with Crippen molar-refractivity contribution in [1.29, 1.82) is 0 Å². The van der Waals surface area contributed by atoms with Crippen LogP contribution in [0.25, 0.3) is 10.9 Å². The van der Waals surface area contributed by atoms with Crippen molar-refractivity contribution >= 4 is 10.9 Å². The Morgan fingerprint density at radius 2 is 1.79 bits per heavy atom. The number of ether oxygens (including phenoxy) is 3. The van der Waals surface area contributed by atoms with Gasteiger partial charge in [-0.2, -0.15) is 0 Å². The fraction of sp³-hybridized carbons (Fsp3) is 0.440. The normalized spacial score (nSPS) is 21.5. The molecule has 174 valence electrons. The molecule has 3 atom stereocenters. The fourth-order valence-corrected chi connectivity index (χ4v) is 5.65. The number of aromatic amines is 1. The van der Waals surface area contributed by atoms with E-state index in [4.69, 9.17) is 14.2 Å². The van der Waals surface area contributed by atoms with E-state index in [0.717, 1.165) is 25.1 Å². The van der Waals surface area contributed by atoms with E-state index in [1.165, 1.54) is 29.9 Å². The molecule has 5 rings (SSSR count). The summed E-state index contributed by atoms with van der Waals surface area (Å²) in [5.74, 6) is 2.77. The molecular formula is C25H29N3O5. The van der Waals surface area contributed by atoms with Crippen molar-refractivity contribution in [2.45, 2.75) is 37.8 Å². The van der Waals surface area contributed by atoms with Gasteiger partial charge in [-0.3, -0.25) is 9.36 Å². The van der Waals surface area contributed by atoms with E-state index >= 15 is 0 Å². The van der Waals surface area contributed by atoms with Crippen molar-refractivity contribution in [3.63, 3.8) is 0 Å². The van der Waals surface area contributed by atoms with E-state index in [2.05, 4.69) is 22.4 Å². The standard InChI is InChI=1S/C25H29N3O5/c1-31-20-6-4-5-16-15(20)8-7-14-13-26-18(23(14)16)9-10-28-24(29)17-11-21(32-2)22(33-3)12-19(17)27-25(28)30/h4-6,11-12,14,18,23,26H,7-10,13H2,1-3H3,(H,27,30)/t14-,18?,23+/m0/s1. The van der Waals surface area contributed by atoms with Crippen LogP contribution in [0.3, 0.4) is 0 Å². The van der Waals surface area contributed by atoms with Crippen LogP contribution in [-0.4, -0.2) is 43.5 Å². The van der Waals surface area contributed by atoms with Gasteiger partial charge in [0.05, 0.1) is 32.2 Å². The molecule has 8 heteroatoms. The summed E-state index contributed by atoms with van der Waals surface area (Å²) in [6.07, 6.45) is 2.81. The summed E-state index contributed by atoms with van der Waals surface area (Å²) in [5, 5.41) is 4.05. The molecule has 1 unspecified atom stereocenters. The van der Waals surface area contributed by atoms with Gasteiger partial charge in [-0.25, -0.2) is 4.79 Å². The molecule has 33 heavy (non-hydrogen) atoms. The number of nitrogens with zero attached hydrogens (tertiary/aromatic N) is 1. The van der Waals surface area contributed by atoms with E-state index in [9.17, 15) is 9.59 Å². The molecule has 1 aliphatic carbocycles. The molecule has 1 fully saturated rings. The van der Waals surface area contributed by atoms with Crippen LogP contribution in [0.1, 0.15) is 29.9 Å². The lowest BCUT2D eigenvalue weighted by Crippen LogP contribution is -2.38. The molecule has 0 radical (unpaired) electrons. The second-order valence-electron chi connectivity index (χ2n) is 8.80. The summed E-state index contributed by atoms with van der Waals surface area (Å²) in [7, 11) is 4.76. The zero-order valence-electron chi connectivity index (χ0n) is 19.1. The number of hydrogen-bond donors (Lipinski definition) is 2. The van der Waals surface area contributed by atoms with Crippen molar-refractivity contribution in [2.24, 2.45) is 5.92 Å². The van der Waals surface area contributed by atoms with Crippen LogP contribution in [0.2, 0.25) is 0 Å². The van der Waals surface area contributed by atoms with Gasteiger partial charge in [-0.1, -0.05) is 12.1 Å². The van der Waals surface area contributed by atoms with Crippen molar-refractivity contribution < 1.29 is 14.2 Å². The minimum Gasteiger partial charge on any atom is -0.496 e. The lowest BCUT2D eigenvalue weighted by atomic mass is 9.73. The number of hydrogen-bond acceptors (Lipinski definition) is 6. The monoisotopic (exact) mass is 451 g/mol. The first kappa shape index (κ1) is 21.6. The maximum atomic E-state index is 13.2. The zero-order valence-corrected chi connectivity index (χ0v) is 19.1. The minimum absolute atomic E-state index is 0.188. The van der Waals surface area contributed by atoms with Gasteiger partial charge in [0.25, 0.3) is 5.56 Å². The molecule has 1 saturated heterocycles. The lowest BCUT2D eigenvalue weighted by molar-refractivity contribution is 0.355. The minimum atomic E-state index is -0.417. The van der Waals surface area contributed by atoms with Gasteiger partial charge in [0.1, 0.15) is 5.75 Å². The first-order valence-electron chi connectivity index (χ1n) is 11.3. The van der Waals surface area contributed by atoms with E-state index in [1.807, 2.05) is 6.07 Å². The van der Waals surface area contributed by atoms with E-state index in [-0.39, 0.29) is 11.6 Å². The first-order valence-corrected chi connectivity index (χ1v) is 11.3. The van der Waals surface area contributed by atoms with Crippen LogP contribution in [0, 0.1) is 5.92 Å². The van der Waals surface area contributed by atoms with E-state index in [0.29, 0.717) is 47.2 Å². The average Bonchev–Trinajstić information content (AvgIpc) is 3.26. The Balaban J connectivity index is 1.45. The predicted molar refractivity (Wildman–Crippen MR) is 126 cm³/mol. The van der Waals surface area contributed by atoms with E-state index in [1.54, 1.807) is 19.2 Å². The van der Waals surface area contributed by atoms with Crippen molar-refractivity contribution in [3.8, 4) is 17.2 Å². The largest absolute Gasteiger partial charge is 0.496 e. The number of H-pyrrole nitrogens is 1. The molecule has 0 bridgehead atoms. The van der Waals surface area contributed by atoms with Gasteiger partial charge in [0.15, 0.2) is 11.5 Å². The summed E-state index contributed by atoms with van der Waals surface area (Å²) in [5.41, 5.74) is 2.31. The highest BCUT2D eigenvalue weighted by atomic mass is 16.5. The second kappa shape index (κ2) is 8.59. The highest BCUT2D eigenvalue weighted by molar-refractivity contribution is 5.81. The summed E-state index contributed by atoms with van der Waals surface area (Å²) in [4.78, 5) is 28.8. The van der Waals surface area contributed by atoms with Gasteiger partial charge < -0.3 is 24.5 Å². The Bertz CT molecular complexity index is 1310. The predicted octanol–water partition coefficient (Wildman–Crippen LogP) is 2.42. The van der Waals surface area contributed by atoms with Gasteiger partial charge in [0.2, 0.25) is 0 Å². The summed E-state index contributed by atoms with van der Waals surface area (Å²) in [6, 6.07) is 9.70. The third-order valence-corrected chi connectivity index (χ3v) is 7.25. The van der Waals surface area contributed by atoms with Crippen LogP contribution >= 0.6 is 0 Å². The average molecular weight is 452 g/mol. The molecule has 3 aromatic rings. The molecule has 0 saturated carbocycles. The molecule has 2 aromatic carbocycles. The SMILES string of the molecule is COc1cc2[nH]c(=O)n(CCC3NC[C@@H]4CCc5c(OC)cccc5[C@H]34)c(=O)c2cc1OC. The Morgan fingerprint density at radius 1 is 1.03 bits per heavy atom. The number of aromatic nitrogens is 2. The van der Waals surface area contributed by atoms with Crippen LogP contribution in [0.4, 0.5) is 0 Å². The fourth-order valence-electron chi connectivity index (χ4n) is 5.65. The first-order chi connectivity index (χ1) is 16.0. The Kier molecular flexibility index (Phi) is 5.62. The maximum Gasteiger partial charge on any atom is 0.328 e. The summed E-state index contributed by atoms with van der Waals surface area (Å²) < 4.78 is 17.5. The highest BCUT2D eigenvalue weighted by Crippen LogP contribution is 2.45. The topological polar surface area (TPSA) is 94.6 Å². The van der Waals surface area contributed by atoms with Gasteiger partial charge in [0, 0.05) is 24.6 Å². The molecule has 1 aromatic heterocycles. The maximum absolute atomic E-state index is 13.2. The van der Waals surface area contributed by atoms with Gasteiger partial charge in [-0.15, -0.1) is 0 Å². The third-order valence-electron chi connectivity index (χ3n) is 7.25. The van der Waals surface area contributed by atoms with Crippen molar-refractivity contribution in [1.82, 2.24) is 14.9 Å². The van der Waals surface area contributed by atoms with Gasteiger partial charge >= 0.3 is 5.69 Å². The highest BCUT2D eigenvalue weighted by Gasteiger charge is 2.40. The smallest absolute Gasteiger partial charge is 0.328 e. The van der Waals surface area contributed by atoms with Crippen LogP contribution in [-0.2, 0) is 13.0 Å². The zero-order chi connectivity index (χ0) is 23.1. The molecule has 8 nitrogen and oxygen atoms in total. The van der Waals surface area contributed by atoms with E-state index < -0.39 is 5.69 Å². The number of fused-ring (bicyclic) bond motifs is 4. The van der Waals surface area contributed by atoms with Crippen LogP contribution < -0.4 is 30.8 Å². The molecule has 2 N–H and O–H groups in total. The Morgan fingerprint density at radius 3 is 2.55 bits per heavy atom. The Labute approximate surface area is 191 Å². The Hall–Kier alpha value is -3.26. The quantitative estimate of drug-likeness (QED) is 0.598. The molecule has 1 aliphatic heterocycles. The summed E-state index contributed by atoms with van der Waals surface area (Å²) in [6.45, 7) is 1.28. The van der Waals surface area contributed by atoms with Crippen LogP contribution in [0.5, 0.6) is 17.2 Å². The van der Waals surface area contributed by atoms with Crippen molar-refractivity contribution in [3.05, 3.63) is 62.3 Å². The molecule has 2 aliphatic rings. The molecule has 2 heterocycles. The van der Waals surface area contributed by atoms with Crippen molar-refractivity contribution in [2.75, 3.05) is 27.9 Å². The summed E-state index contributed by atoms with van der Waals surface area (Å²) >= 11 is 0. The second-order valence-corrected chi connectivity index (χ2v) is 8.80. The third kappa shape index (κ3) is 3.58. The number of benzene rings is 2.